The van der Waals surface area contributed by atoms with E-state index in [1.807, 2.05) is 13.1 Å². The zero-order valence-corrected chi connectivity index (χ0v) is 14.8. The van der Waals surface area contributed by atoms with E-state index in [-0.39, 0.29) is 0 Å². The molecule has 1 atom stereocenters. The van der Waals surface area contributed by atoms with Crippen LogP contribution in [0.25, 0.3) is 0 Å². The Labute approximate surface area is 144 Å². The molecule has 0 bridgehead atoms. The average molecular weight is 325 g/mol. The molecule has 128 valence electrons. The van der Waals surface area contributed by atoms with Gasteiger partial charge in [-0.15, -0.1) is 0 Å². The van der Waals surface area contributed by atoms with Crippen LogP contribution in [-0.2, 0) is 19.3 Å². The first-order chi connectivity index (χ1) is 11.8. The largest absolute Gasteiger partial charge is 0.354 e. The summed E-state index contributed by atoms with van der Waals surface area (Å²) < 4.78 is 2.38. The first-order valence-electron chi connectivity index (χ1n) is 9.39. The number of hydrogen-bond acceptors (Lipinski definition) is 4. The van der Waals surface area contributed by atoms with Gasteiger partial charge in [-0.1, -0.05) is 6.92 Å². The maximum absolute atomic E-state index is 4.86. The molecule has 2 aromatic heterocycles. The Hall–Kier alpha value is -1.91. The highest BCUT2D eigenvalue weighted by Gasteiger charge is 2.27. The Balaban J connectivity index is 1.64. The van der Waals surface area contributed by atoms with Gasteiger partial charge in [0, 0.05) is 43.2 Å². The monoisotopic (exact) mass is 325 g/mol. The van der Waals surface area contributed by atoms with Gasteiger partial charge in [-0.05, 0) is 45.4 Å². The fourth-order valence-corrected chi connectivity index (χ4v) is 4.28. The van der Waals surface area contributed by atoms with Crippen LogP contribution in [0.2, 0.25) is 0 Å². The van der Waals surface area contributed by atoms with Gasteiger partial charge in [-0.2, -0.15) is 0 Å². The van der Waals surface area contributed by atoms with Crippen molar-refractivity contribution in [2.75, 3.05) is 18.0 Å². The van der Waals surface area contributed by atoms with Crippen LogP contribution in [0.4, 0.5) is 5.82 Å². The van der Waals surface area contributed by atoms with E-state index in [0.717, 1.165) is 38.2 Å². The lowest BCUT2D eigenvalue weighted by molar-refractivity contribution is 0.393. The topological polar surface area (TPSA) is 46.8 Å². The molecule has 0 amide bonds. The highest BCUT2D eigenvalue weighted by Crippen LogP contribution is 2.32. The molecule has 1 aliphatic heterocycles. The van der Waals surface area contributed by atoms with Gasteiger partial charge in [-0.3, -0.25) is 0 Å². The second-order valence-corrected chi connectivity index (χ2v) is 7.07. The van der Waals surface area contributed by atoms with Crippen LogP contribution in [0.3, 0.4) is 0 Å². The number of aromatic nitrogens is 4. The Morgan fingerprint density at radius 1 is 1.17 bits per heavy atom. The highest BCUT2D eigenvalue weighted by atomic mass is 15.2. The third kappa shape index (κ3) is 2.80. The second kappa shape index (κ2) is 6.54. The van der Waals surface area contributed by atoms with E-state index in [0.29, 0.717) is 6.04 Å². The van der Waals surface area contributed by atoms with E-state index in [9.17, 15) is 0 Å². The van der Waals surface area contributed by atoms with Crippen molar-refractivity contribution < 1.29 is 0 Å². The van der Waals surface area contributed by atoms with Gasteiger partial charge in [0.15, 0.2) is 0 Å². The number of anilines is 1. The first-order valence-corrected chi connectivity index (χ1v) is 9.39. The van der Waals surface area contributed by atoms with Crippen molar-refractivity contribution in [3.8, 4) is 0 Å². The van der Waals surface area contributed by atoms with Crippen molar-refractivity contribution in [1.82, 2.24) is 19.5 Å². The molecule has 5 heteroatoms. The SMILES string of the molecule is CCc1nccn1C1CCCN(c2nc(C)nc3c2CCCC3)C1. The highest BCUT2D eigenvalue weighted by molar-refractivity contribution is 5.50. The predicted octanol–water partition coefficient (Wildman–Crippen LogP) is 3.26. The number of piperidine rings is 1. The summed E-state index contributed by atoms with van der Waals surface area (Å²) in [5.41, 5.74) is 2.71. The molecule has 0 N–H and O–H groups in total. The second-order valence-electron chi connectivity index (χ2n) is 7.07. The van der Waals surface area contributed by atoms with Crippen LogP contribution in [0.1, 0.15) is 61.6 Å². The first kappa shape index (κ1) is 15.6. The average Bonchev–Trinajstić information content (AvgIpc) is 3.10. The molecule has 0 radical (unpaired) electrons. The minimum absolute atomic E-state index is 0.505. The zero-order chi connectivity index (χ0) is 16.5. The van der Waals surface area contributed by atoms with E-state index < -0.39 is 0 Å². The number of aryl methyl sites for hydroxylation is 3. The minimum atomic E-state index is 0.505. The molecule has 1 aliphatic carbocycles. The standard InChI is InChI=1S/C19H27N5/c1-3-18-20-10-12-24(18)15-7-6-11-23(13-15)19-16-8-4-5-9-17(16)21-14(2)22-19/h10,12,15H,3-9,11,13H2,1-2H3. The summed E-state index contributed by atoms with van der Waals surface area (Å²) in [6.45, 7) is 6.36. The molecule has 0 saturated carbocycles. The summed E-state index contributed by atoms with van der Waals surface area (Å²) in [6.07, 6.45) is 12.3. The minimum Gasteiger partial charge on any atom is -0.354 e. The van der Waals surface area contributed by atoms with Gasteiger partial charge in [0.2, 0.25) is 0 Å². The number of nitrogens with zero attached hydrogens (tertiary/aromatic N) is 5. The van der Waals surface area contributed by atoms with E-state index in [1.165, 1.54) is 48.6 Å². The van der Waals surface area contributed by atoms with Crippen molar-refractivity contribution in [2.24, 2.45) is 0 Å². The lowest BCUT2D eigenvalue weighted by atomic mass is 9.95. The van der Waals surface area contributed by atoms with Crippen LogP contribution in [0, 0.1) is 6.92 Å². The van der Waals surface area contributed by atoms with Crippen molar-refractivity contribution in [1.29, 1.82) is 0 Å². The normalized spacial score (nSPS) is 20.9. The van der Waals surface area contributed by atoms with E-state index in [1.54, 1.807) is 0 Å². The van der Waals surface area contributed by atoms with Gasteiger partial charge < -0.3 is 9.47 Å². The van der Waals surface area contributed by atoms with Crippen molar-refractivity contribution in [2.45, 2.75) is 64.8 Å². The zero-order valence-electron chi connectivity index (χ0n) is 14.8. The van der Waals surface area contributed by atoms with Crippen LogP contribution < -0.4 is 4.90 Å². The fourth-order valence-electron chi connectivity index (χ4n) is 4.28. The van der Waals surface area contributed by atoms with Crippen molar-refractivity contribution in [3.05, 3.63) is 35.3 Å². The summed E-state index contributed by atoms with van der Waals surface area (Å²) in [5.74, 6) is 3.33. The Morgan fingerprint density at radius 2 is 2.04 bits per heavy atom. The molecule has 1 fully saturated rings. The fraction of sp³-hybridized carbons (Fsp3) is 0.632. The lowest BCUT2D eigenvalue weighted by Gasteiger charge is -2.36. The predicted molar refractivity (Wildman–Crippen MR) is 95.5 cm³/mol. The van der Waals surface area contributed by atoms with Crippen molar-refractivity contribution in [3.63, 3.8) is 0 Å². The molecule has 1 unspecified atom stereocenters. The van der Waals surface area contributed by atoms with Crippen LogP contribution >= 0.6 is 0 Å². The van der Waals surface area contributed by atoms with Gasteiger partial charge >= 0.3 is 0 Å². The smallest absolute Gasteiger partial charge is 0.135 e. The maximum Gasteiger partial charge on any atom is 0.135 e. The Morgan fingerprint density at radius 3 is 2.92 bits per heavy atom. The summed E-state index contributed by atoms with van der Waals surface area (Å²) in [5, 5.41) is 0. The number of fused-ring (bicyclic) bond motifs is 1. The molecule has 4 rings (SSSR count). The summed E-state index contributed by atoms with van der Waals surface area (Å²) in [6, 6.07) is 0.505. The van der Waals surface area contributed by atoms with Crippen LogP contribution in [0.5, 0.6) is 0 Å². The number of imidazole rings is 1. The Kier molecular flexibility index (Phi) is 4.25. The summed E-state index contributed by atoms with van der Waals surface area (Å²) >= 11 is 0. The molecular formula is C19H27N5. The number of hydrogen-bond donors (Lipinski definition) is 0. The molecule has 2 aliphatic rings. The van der Waals surface area contributed by atoms with Gasteiger partial charge in [0.25, 0.3) is 0 Å². The lowest BCUT2D eigenvalue weighted by Crippen LogP contribution is -2.38. The Bertz CT molecular complexity index is 721. The molecule has 24 heavy (non-hydrogen) atoms. The van der Waals surface area contributed by atoms with E-state index in [2.05, 4.69) is 27.6 Å². The molecule has 0 aromatic carbocycles. The summed E-state index contributed by atoms with van der Waals surface area (Å²) in [4.78, 5) is 16.6. The van der Waals surface area contributed by atoms with Gasteiger partial charge in [0.1, 0.15) is 17.5 Å². The quantitative estimate of drug-likeness (QED) is 0.869. The maximum atomic E-state index is 4.86. The van der Waals surface area contributed by atoms with E-state index >= 15 is 0 Å². The third-order valence-corrected chi connectivity index (χ3v) is 5.43. The third-order valence-electron chi connectivity index (χ3n) is 5.43. The summed E-state index contributed by atoms with van der Waals surface area (Å²) in [7, 11) is 0. The number of rotatable bonds is 3. The van der Waals surface area contributed by atoms with E-state index in [4.69, 9.17) is 9.97 Å². The molecule has 0 spiro atoms. The molecule has 2 aromatic rings. The molecule has 1 saturated heterocycles. The van der Waals surface area contributed by atoms with Crippen molar-refractivity contribution >= 4 is 5.82 Å². The van der Waals surface area contributed by atoms with Crippen LogP contribution in [-0.4, -0.2) is 32.6 Å². The van der Waals surface area contributed by atoms with Crippen LogP contribution in [0.15, 0.2) is 12.4 Å². The van der Waals surface area contributed by atoms with Gasteiger partial charge in [0.05, 0.1) is 6.04 Å². The molecular weight excluding hydrogens is 298 g/mol. The molecule has 5 nitrogen and oxygen atoms in total. The van der Waals surface area contributed by atoms with Gasteiger partial charge in [-0.25, -0.2) is 15.0 Å². The molecule has 3 heterocycles.